The molecule has 1 unspecified atom stereocenters. The highest BCUT2D eigenvalue weighted by molar-refractivity contribution is 7.81. The molecule has 0 heterocycles. The normalized spacial score (nSPS) is 15.6. The van der Waals surface area contributed by atoms with E-state index in [1.54, 1.807) is 0 Å². The molecule has 0 N–H and O–H groups in total. The molecule has 0 fully saturated rings. The van der Waals surface area contributed by atoms with Crippen molar-refractivity contribution < 1.29 is 13.6 Å². The van der Waals surface area contributed by atoms with Crippen LogP contribution in [0.2, 0.25) is 0 Å². The van der Waals surface area contributed by atoms with Crippen LogP contribution >= 0.6 is 18.2 Å². The predicted molar refractivity (Wildman–Crippen MR) is 55.2 cm³/mol. The molecule has 0 radical (unpaired) electrons. The second kappa shape index (κ2) is 7.81. The Morgan fingerprint density at radius 3 is 2.23 bits per heavy atom. The highest BCUT2D eigenvalue weighted by Crippen LogP contribution is 2.53. The maximum atomic E-state index is 11.3. The lowest BCUT2D eigenvalue weighted by Crippen LogP contribution is -1.94. The second-order valence-electron chi connectivity index (χ2n) is 2.80. The van der Waals surface area contributed by atoms with Gasteiger partial charge in [-0.15, -0.1) is 0 Å². The third-order valence-electron chi connectivity index (χ3n) is 1.44. The first kappa shape index (κ1) is 13.4. The number of rotatable bonds is 8. The lowest BCUT2D eigenvalue weighted by atomic mass is 10.3. The summed E-state index contributed by atoms with van der Waals surface area (Å²) >= 11 is 5.51. The Kier molecular flexibility index (Phi) is 8.07. The number of halogens is 1. The zero-order chi connectivity index (χ0) is 10.2. The summed E-state index contributed by atoms with van der Waals surface area (Å²) in [4.78, 5) is 0. The minimum atomic E-state index is -3.28. The van der Waals surface area contributed by atoms with Gasteiger partial charge in [0.15, 0.2) is 0 Å². The van der Waals surface area contributed by atoms with E-state index in [0.717, 1.165) is 25.7 Å². The van der Waals surface area contributed by atoms with Crippen LogP contribution < -0.4 is 0 Å². The van der Waals surface area contributed by atoms with Crippen LogP contribution in [-0.2, 0) is 13.6 Å². The zero-order valence-corrected chi connectivity index (χ0v) is 9.94. The molecule has 0 saturated carbocycles. The lowest BCUT2D eigenvalue weighted by molar-refractivity contribution is 0.215. The highest BCUT2D eigenvalue weighted by Gasteiger charge is 2.19. The Hall–Kier alpha value is 0.440. The van der Waals surface area contributed by atoms with E-state index in [4.69, 9.17) is 20.3 Å². The zero-order valence-electron chi connectivity index (χ0n) is 8.29. The van der Waals surface area contributed by atoms with Gasteiger partial charge in [0.05, 0.1) is 13.2 Å². The van der Waals surface area contributed by atoms with E-state index in [0.29, 0.717) is 13.2 Å². The Labute approximate surface area is 85.1 Å². The Morgan fingerprint density at radius 2 is 1.69 bits per heavy atom. The minimum absolute atomic E-state index is 0.383. The topological polar surface area (TPSA) is 35.5 Å². The van der Waals surface area contributed by atoms with Crippen LogP contribution in [0.1, 0.15) is 39.5 Å². The Morgan fingerprint density at radius 1 is 1.08 bits per heavy atom. The van der Waals surface area contributed by atoms with E-state index in [-0.39, 0.29) is 0 Å². The van der Waals surface area contributed by atoms with Crippen LogP contribution in [0, 0.1) is 0 Å². The second-order valence-corrected chi connectivity index (χ2v) is 5.42. The third kappa shape index (κ3) is 8.76. The van der Waals surface area contributed by atoms with Crippen molar-refractivity contribution >= 4 is 18.2 Å². The average Bonchev–Trinajstić information content (AvgIpc) is 2.09. The summed E-state index contributed by atoms with van der Waals surface area (Å²) in [5.74, 6) is 0. The largest absolute Gasteiger partial charge is 0.424 e. The summed E-state index contributed by atoms with van der Waals surface area (Å²) < 4.78 is 21.0. The van der Waals surface area contributed by atoms with Gasteiger partial charge in [0.2, 0.25) is 0 Å². The van der Waals surface area contributed by atoms with Crippen molar-refractivity contribution in [1.29, 1.82) is 0 Å². The standard InChI is InChI=1S/C8H18ClO3P/c1-3-5-6-8-12-13(9,10)11-7-4-2/h3-8H2,1-2H3. The van der Waals surface area contributed by atoms with E-state index in [1.165, 1.54) is 0 Å². The lowest BCUT2D eigenvalue weighted by Gasteiger charge is -2.10. The number of hydrogen-bond acceptors (Lipinski definition) is 3. The van der Waals surface area contributed by atoms with Crippen molar-refractivity contribution in [2.45, 2.75) is 39.5 Å². The van der Waals surface area contributed by atoms with Crippen molar-refractivity contribution in [2.24, 2.45) is 0 Å². The fourth-order valence-electron chi connectivity index (χ4n) is 0.763. The van der Waals surface area contributed by atoms with Gasteiger partial charge in [-0.05, 0) is 12.8 Å². The SMILES string of the molecule is CCCCCOP(=O)(Cl)OCCC. The van der Waals surface area contributed by atoms with Crippen LogP contribution in [0.15, 0.2) is 0 Å². The van der Waals surface area contributed by atoms with Gasteiger partial charge < -0.3 is 0 Å². The summed E-state index contributed by atoms with van der Waals surface area (Å²) in [5, 5.41) is 0. The minimum Gasteiger partial charge on any atom is -0.297 e. The quantitative estimate of drug-likeness (QED) is 0.466. The number of unbranched alkanes of at least 4 members (excludes halogenated alkanes) is 2. The highest BCUT2D eigenvalue weighted by atomic mass is 35.7. The van der Waals surface area contributed by atoms with Crippen LogP contribution in [0.3, 0.4) is 0 Å². The van der Waals surface area contributed by atoms with Gasteiger partial charge in [0, 0.05) is 11.2 Å². The molecule has 0 bridgehead atoms. The van der Waals surface area contributed by atoms with Gasteiger partial charge >= 0.3 is 6.95 Å². The van der Waals surface area contributed by atoms with Crippen LogP contribution in [0.5, 0.6) is 0 Å². The van der Waals surface area contributed by atoms with E-state index < -0.39 is 6.95 Å². The van der Waals surface area contributed by atoms with Gasteiger partial charge in [-0.3, -0.25) is 9.05 Å². The van der Waals surface area contributed by atoms with Crippen LogP contribution in [-0.4, -0.2) is 13.2 Å². The summed E-state index contributed by atoms with van der Waals surface area (Å²) in [6.45, 7) is 1.54. The molecule has 80 valence electrons. The van der Waals surface area contributed by atoms with Gasteiger partial charge in [-0.25, -0.2) is 4.57 Å². The van der Waals surface area contributed by atoms with Gasteiger partial charge in [0.1, 0.15) is 0 Å². The molecule has 0 spiro atoms. The molecule has 0 aromatic heterocycles. The third-order valence-corrected chi connectivity index (χ3v) is 3.01. The first-order chi connectivity index (χ1) is 6.12. The molecule has 0 saturated heterocycles. The molecular weight excluding hydrogens is 211 g/mol. The van der Waals surface area contributed by atoms with Gasteiger partial charge in [-0.1, -0.05) is 26.7 Å². The molecule has 0 aliphatic carbocycles. The van der Waals surface area contributed by atoms with E-state index in [2.05, 4.69) is 6.92 Å². The molecule has 1 atom stereocenters. The molecule has 0 aromatic carbocycles. The molecule has 0 aromatic rings. The molecule has 13 heavy (non-hydrogen) atoms. The van der Waals surface area contributed by atoms with Crippen molar-refractivity contribution in [3.8, 4) is 0 Å². The van der Waals surface area contributed by atoms with E-state index >= 15 is 0 Å². The average molecular weight is 229 g/mol. The Balaban J connectivity index is 3.45. The first-order valence-corrected chi connectivity index (χ1v) is 7.16. The van der Waals surface area contributed by atoms with E-state index in [1.807, 2.05) is 6.92 Å². The van der Waals surface area contributed by atoms with Crippen molar-refractivity contribution in [2.75, 3.05) is 13.2 Å². The van der Waals surface area contributed by atoms with Crippen molar-refractivity contribution in [1.82, 2.24) is 0 Å². The molecule has 0 rings (SSSR count). The van der Waals surface area contributed by atoms with Crippen LogP contribution in [0.4, 0.5) is 0 Å². The smallest absolute Gasteiger partial charge is 0.297 e. The van der Waals surface area contributed by atoms with E-state index in [9.17, 15) is 4.57 Å². The predicted octanol–water partition coefficient (Wildman–Crippen LogP) is 3.97. The van der Waals surface area contributed by atoms with Gasteiger partial charge in [-0.2, -0.15) is 0 Å². The first-order valence-electron chi connectivity index (χ1n) is 4.71. The maximum Gasteiger partial charge on any atom is 0.424 e. The molecular formula is C8H18ClO3P. The van der Waals surface area contributed by atoms with Crippen LogP contribution in [0.25, 0.3) is 0 Å². The summed E-state index contributed by atoms with van der Waals surface area (Å²) in [6.07, 6.45) is 3.83. The molecule has 0 aliphatic rings. The molecule has 3 nitrogen and oxygen atoms in total. The Bertz CT molecular complexity index is 163. The fourth-order valence-corrected chi connectivity index (χ4v) is 2.00. The summed E-state index contributed by atoms with van der Waals surface area (Å²) in [6, 6.07) is 0. The summed E-state index contributed by atoms with van der Waals surface area (Å²) in [7, 11) is 0. The number of hydrogen-bond donors (Lipinski definition) is 0. The molecule has 0 amide bonds. The van der Waals surface area contributed by atoms with Crippen molar-refractivity contribution in [3.63, 3.8) is 0 Å². The monoisotopic (exact) mass is 228 g/mol. The fraction of sp³-hybridized carbons (Fsp3) is 1.00. The molecule has 0 aliphatic heterocycles. The maximum absolute atomic E-state index is 11.3. The summed E-state index contributed by atoms with van der Waals surface area (Å²) in [5.41, 5.74) is 0. The van der Waals surface area contributed by atoms with Gasteiger partial charge in [0.25, 0.3) is 0 Å². The molecule has 5 heteroatoms. The van der Waals surface area contributed by atoms with Crippen molar-refractivity contribution in [3.05, 3.63) is 0 Å².